The third kappa shape index (κ3) is 3.59. The summed E-state index contributed by atoms with van der Waals surface area (Å²) < 4.78 is 5.40. The molecular formula is C19H28N2O2. The van der Waals surface area contributed by atoms with Crippen molar-refractivity contribution in [2.24, 2.45) is 0 Å². The van der Waals surface area contributed by atoms with Crippen molar-refractivity contribution < 1.29 is 9.53 Å². The van der Waals surface area contributed by atoms with E-state index in [-0.39, 0.29) is 5.78 Å². The second kappa shape index (κ2) is 7.02. The first-order valence-corrected chi connectivity index (χ1v) is 8.81. The molecule has 0 atom stereocenters. The standard InChI is InChI=1S/C19H28N2O2/c1-19(2,21-12-14-23-15-13-21)18(22)16-6-8-17(9-7-16)20-10-4-3-5-11-20/h6-9H,3-5,10-15H2,1-2H3. The van der Waals surface area contributed by atoms with Crippen LogP contribution in [0.15, 0.2) is 24.3 Å². The molecule has 126 valence electrons. The van der Waals surface area contributed by atoms with Gasteiger partial charge in [-0.25, -0.2) is 0 Å². The van der Waals surface area contributed by atoms with E-state index < -0.39 is 5.54 Å². The van der Waals surface area contributed by atoms with E-state index in [4.69, 9.17) is 4.74 Å². The van der Waals surface area contributed by atoms with E-state index in [1.54, 1.807) is 0 Å². The predicted molar refractivity (Wildman–Crippen MR) is 93.3 cm³/mol. The number of ether oxygens (including phenoxy) is 1. The van der Waals surface area contributed by atoms with Gasteiger partial charge in [-0.05, 0) is 57.4 Å². The molecule has 23 heavy (non-hydrogen) atoms. The van der Waals surface area contributed by atoms with Crippen LogP contribution in [0.5, 0.6) is 0 Å². The van der Waals surface area contributed by atoms with Crippen LogP contribution in [0.1, 0.15) is 43.5 Å². The number of rotatable bonds is 4. The molecule has 0 aliphatic carbocycles. The van der Waals surface area contributed by atoms with Crippen LogP contribution in [-0.4, -0.2) is 55.6 Å². The lowest BCUT2D eigenvalue weighted by Gasteiger charge is -2.39. The molecule has 2 fully saturated rings. The van der Waals surface area contributed by atoms with Gasteiger partial charge in [-0.2, -0.15) is 0 Å². The Morgan fingerprint density at radius 3 is 2.17 bits per heavy atom. The lowest BCUT2D eigenvalue weighted by atomic mass is 9.90. The molecule has 1 aromatic rings. The van der Waals surface area contributed by atoms with Gasteiger partial charge in [0.15, 0.2) is 5.78 Å². The highest BCUT2D eigenvalue weighted by Crippen LogP contribution is 2.25. The number of Topliss-reactive ketones (excluding diaryl/α,β-unsaturated/α-hetero) is 1. The first-order chi connectivity index (χ1) is 11.1. The Hall–Kier alpha value is -1.39. The first kappa shape index (κ1) is 16.5. The molecule has 0 amide bonds. The molecule has 2 heterocycles. The summed E-state index contributed by atoms with van der Waals surface area (Å²) in [6.45, 7) is 9.39. The Labute approximate surface area is 139 Å². The van der Waals surface area contributed by atoms with Gasteiger partial charge in [-0.15, -0.1) is 0 Å². The molecule has 0 bridgehead atoms. The number of ketones is 1. The number of carbonyl (C=O) groups is 1. The summed E-state index contributed by atoms with van der Waals surface area (Å²) in [6.07, 6.45) is 3.87. The number of benzene rings is 1. The smallest absolute Gasteiger partial charge is 0.182 e. The molecule has 0 spiro atoms. The van der Waals surface area contributed by atoms with Crippen molar-refractivity contribution in [1.82, 2.24) is 4.90 Å². The fraction of sp³-hybridized carbons (Fsp3) is 0.632. The van der Waals surface area contributed by atoms with Gasteiger partial charge in [-0.1, -0.05) is 0 Å². The van der Waals surface area contributed by atoms with E-state index in [0.717, 1.165) is 31.7 Å². The summed E-state index contributed by atoms with van der Waals surface area (Å²) in [6, 6.07) is 8.20. The van der Waals surface area contributed by atoms with E-state index in [2.05, 4.69) is 21.9 Å². The number of hydrogen-bond donors (Lipinski definition) is 0. The van der Waals surface area contributed by atoms with Crippen LogP contribution < -0.4 is 4.90 Å². The average Bonchev–Trinajstić information content (AvgIpc) is 2.63. The lowest BCUT2D eigenvalue weighted by Crippen LogP contribution is -2.54. The Morgan fingerprint density at radius 2 is 1.57 bits per heavy atom. The van der Waals surface area contributed by atoms with Crippen LogP contribution in [-0.2, 0) is 4.74 Å². The Balaban J connectivity index is 1.71. The number of piperidine rings is 1. The molecule has 0 saturated carbocycles. The van der Waals surface area contributed by atoms with Gasteiger partial charge in [0.2, 0.25) is 0 Å². The second-order valence-electron chi connectivity index (χ2n) is 7.08. The molecule has 1 aromatic carbocycles. The summed E-state index contributed by atoms with van der Waals surface area (Å²) in [4.78, 5) is 17.6. The van der Waals surface area contributed by atoms with Gasteiger partial charge in [0.25, 0.3) is 0 Å². The van der Waals surface area contributed by atoms with Crippen molar-refractivity contribution in [3.8, 4) is 0 Å². The molecule has 0 N–H and O–H groups in total. The molecule has 4 heteroatoms. The van der Waals surface area contributed by atoms with Crippen molar-refractivity contribution in [1.29, 1.82) is 0 Å². The van der Waals surface area contributed by atoms with E-state index in [0.29, 0.717) is 13.2 Å². The summed E-state index contributed by atoms with van der Waals surface area (Å²) >= 11 is 0. The highest BCUT2D eigenvalue weighted by atomic mass is 16.5. The van der Waals surface area contributed by atoms with E-state index in [9.17, 15) is 4.79 Å². The lowest BCUT2D eigenvalue weighted by molar-refractivity contribution is -0.00429. The van der Waals surface area contributed by atoms with Gasteiger partial charge in [-0.3, -0.25) is 9.69 Å². The van der Waals surface area contributed by atoms with Gasteiger partial charge >= 0.3 is 0 Å². The van der Waals surface area contributed by atoms with Crippen LogP contribution in [0.4, 0.5) is 5.69 Å². The monoisotopic (exact) mass is 316 g/mol. The van der Waals surface area contributed by atoms with Crippen LogP contribution >= 0.6 is 0 Å². The molecule has 0 aromatic heterocycles. The third-order valence-electron chi connectivity index (χ3n) is 5.21. The van der Waals surface area contributed by atoms with Gasteiger partial charge < -0.3 is 9.64 Å². The zero-order valence-electron chi connectivity index (χ0n) is 14.4. The number of nitrogens with zero attached hydrogens (tertiary/aromatic N) is 2. The highest BCUT2D eigenvalue weighted by Gasteiger charge is 2.35. The van der Waals surface area contributed by atoms with Gasteiger partial charge in [0.1, 0.15) is 0 Å². The van der Waals surface area contributed by atoms with Crippen LogP contribution in [0.25, 0.3) is 0 Å². The van der Waals surface area contributed by atoms with Crippen molar-refractivity contribution in [3.63, 3.8) is 0 Å². The molecule has 2 aliphatic heterocycles. The minimum atomic E-state index is -0.476. The second-order valence-corrected chi connectivity index (χ2v) is 7.08. The Bertz CT molecular complexity index is 527. The van der Waals surface area contributed by atoms with Crippen LogP contribution in [0.3, 0.4) is 0 Å². The van der Waals surface area contributed by atoms with Crippen LogP contribution in [0.2, 0.25) is 0 Å². The zero-order valence-corrected chi connectivity index (χ0v) is 14.4. The SMILES string of the molecule is CC(C)(C(=O)c1ccc(N2CCCCC2)cc1)N1CCOCC1. The molecule has 0 unspecified atom stereocenters. The van der Waals surface area contributed by atoms with Crippen molar-refractivity contribution >= 4 is 11.5 Å². The van der Waals surface area contributed by atoms with Crippen molar-refractivity contribution in [2.45, 2.75) is 38.6 Å². The minimum absolute atomic E-state index is 0.199. The summed E-state index contributed by atoms with van der Waals surface area (Å²) in [5.74, 6) is 0.199. The van der Waals surface area contributed by atoms with Gasteiger partial charge in [0.05, 0.1) is 18.8 Å². The minimum Gasteiger partial charge on any atom is -0.379 e. The normalized spacial score (nSPS) is 20.5. The van der Waals surface area contributed by atoms with E-state index in [1.807, 2.05) is 26.0 Å². The molecule has 4 nitrogen and oxygen atoms in total. The average molecular weight is 316 g/mol. The maximum atomic E-state index is 13.0. The molecule has 0 radical (unpaired) electrons. The highest BCUT2D eigenvalue weighted by molar-refractivity contribution is 6.02. The maximum Gasteiger partial charge on any atom is 0.182 e. The summed E-state index contributed by atoms with van der Waals surface area (Å²) in [7, 11) is 0. The summed E-state index contributed by atoms with van der Waals surface area (Å²) in [5, 5.41) is 0. The number of morpholine rings is 1. The van der Waals surface area contributed by atoms with Gasteiger partial charge in [0, 0.05) is 37.4 Å². The van der Waals surface area contributed by atoms with E-state index >= 15 is 0 Å². The number of hydrogen-bond acceptors (Lipinski definition) is 4. The van der Waals surface area contributed by atoms with Crippen LogP contribution in [0, 0.1) is 0 Å². The molecular weight excluding hydrogens is 288 g/mol. The first-order valence-electron chi connectivity index (χ1n) is 8.81. The topological polar surface area (TPSA) is 32.8 Å². The zero-order chi connectivity index (χ0) is 16.3. The largest absolute Gasteiger partial charge is 0.379 e. The Kier molecular flexibility index (Phi) is 5.02. The third-order valence-corrected chi connectivity index (χ3v) is 5.21. The molecule has 2 aliphatic rings. The molecule has 2 saturated heterocycles. The quantitative estimate of drug-likeness (QED) is 0.800. The number of carbonyl (C=O) groups excluding carboxylic acids is 1. The van der Waals surface area contributed by atoms with Crippen molar-refractivity contribution in [2.75, 3.05) is 44.3 Å². The fourth-order valence-electron chi connectivity index (χ4n) is 3.59. The summed E-state index contributed by atoms with van der Waals surface area (Å²) in [5.41, 5.74) is 1.57. The van der Waals surface area contributed by atoms with E-state index in [1.165, 1.54) is 24.9 Å². The Morgan fingerprint density at radius 1 is 0.957 bits per heavy atom. The predicted octanol–water partition coefficient (Wildman–Crippen LogP) is 2.97. The number of anilines is 1. The molecule has 3 rings (SSSR count). The maximum absolute atomic E-state index is 13.0. The fourth-order valence-corrected chi connectivity index (χ4v) is 3.59. The van der Waals surface area contributed by atoms with Crippen molar-refractivity contribution in [3.05, 3.63) is 29.8 Å².